The van der Waals surface area contributed by atoms with Crippen LogP contribution >= 0.6 is 12.2 Å². The van der Waals surface area contributed by atoms with Gasteiger partial charge in [-0.25, -0.2) is 0 Å². The second-order valence-electron chi connectivity index (χ2n) is 3.07. The van der Waals surface area contributed by atoms with Gasteiger partial charge in [0.25, 0.3) is 0 Å². The molecule has 2 N–H and O–H groups in total. The first kappa shape index (κ1) is 12.1. The van der Waals surface area contributed by atoms with E-state index in [9.17, 15) is 0 Å². The van der Waals surface area contributed by atoms with Crippen LogP contribution in [-0.2, 0) is 16.1 Å². The van der Waals surface area contributed by atoms with Crippen LogP contribution in [0.4, 0.5) is 0 Å². The van der Waals surface area contributed by atoms with Crippen LogP contribution in [0.25, 0.3) is 0 Å². The Morgan fingerprint density at radius 2 is 2.07 bits per heavy atom. The summed E-state index contributed by atoms with van der Waals surface area (Å²) < 4.78 is 10.3. The van der Waals surface area contributed by atoms with Gasteiger partial charge in [0, 0.05) is 12.7 Å². The molecule has 1 aromatic carbocycles. The summed E-state index contributed by atoms with van der Waals surface area (Å²) in [6.07, 6.45) is 0. The second kappa shape index (κ2) is 6.50. The van der Waals surface area contributed by atoms with Gasteiger partial charge in [-0.1, -0.05) is 36.5 Å². The molecule has 0 bridgehead atoms. The highest BCUT2D eigenvalue weighted by Gasteiger charge is 2.03. The fourth-order valence-electron chi connectivity index (χ4n) is 1.21. The van der Waals surface area contributed by atoms with Crippen LogP contribution in [0.1, 0.15) is 11.1 Å². The molecule has 3 nitrogen and oxygen atoms in total. The summed E-state index contributed by atoms with van der Waals surface area (Å²) in [4.78, 5) is 0.404. The number of nitrogens with two attached hydrogens (primary N) is 1. The maximum absolute atomic E-state index is 5.60. The Kier molecular flexibility index (Phi) is 5.25. The van der Waals surface area contributed by atoms with E-state index in [0.29, 0.717) is 24.8 Å². The molecule has 0 spiro atoms. The molecule has 1 aromatic rings. The molecule has 0 saturated heterocycles. The van der Waals surface area contributed by atoms with Crippen molar-refractivity contribution in [3.05, 3.63) is 35.4 Å². The van der Waals surface area contributed by atoms with E-state index in [2.05, 4.69) is 0 Å². The summed E-state index contributed by atoms with van der Waals surface area (Å²) in [6, 6.07) is 7.71. The fourth-order valence-corrected chi connectivity index (χ4v) is 1.41. The number of thiocarbonyl (C=S) groups is 1. The number of rotatable bonds is 6. The number of ether oxygens (including phenoxy) is 2. The van der Waals surface area contributed by atoms with Crippen molar-refractivity contribution in [3.8, 4) is 0 Å². The number of hydrogen-bond acceptors (Lipinski definition) is 3. The highest BCUT2D eigenvalue weighted by Crippen LogP contribution is 2.09. The van der Waals surface area contributed by atoms with Gasteiger partial charge in [0.1, 0.15) is 4.99 Å². The van der Waals surface area contributed by atoms with Crippen molar-refractivity contribution >= 4 is 17.2 Å². The maximum atomic E-state index is 5.60. The van der Waals surface area contributed by atoms with Gasteiger partial charge in [-0.3, -0.25) is 0 Å². The molecule has 0 fully saturated rings. The number of hydrogen-bond donors (Lipinski definition) is 1. The topological polar surface area (TPSA) is 44.5 Å². The van der Waals surface area contributed by atoms with Crippen LogP contribution in [0.15, 0.2) is 24.3 Å². The molecule has 0 atom stereocenters. The lowest BCUT2D eigenvalue weighted by molar-refractivity contribution is 0.0616. The summed E-state index contributed by atoms with van der Waals surface area (Å²) in [7, 11) is 1.65. The molecule has 0 unspecified atom stereocenters. The third-order valence-corrected chi connectivity index (χ3v) is 2.19. The first-order valence-corrected chi connectivity index (χ1v) is 5.11. The largest absolute Gasteiger partial charge is 0.389 e. The molecule has 15 heavy (non-hydrogen) atoms. The maximum Gasteiger partial charge on any atom is 0.104 e. The normalized spacial score (nSPS) is 10.2. The minimum atomic E-state index is 0.404. The predicted molar refractivity (Wildman–Crippen MR) is 63.9 cm³/mol. The molecule has 0 radical (unpaired) electrons. The molecule has 1 rings (SSSR count). The SMILES string of the molecule is COCCOCc1ccccc1C(N)=S. The minimum absolute atomic E-state index is 0.404. The van der Waals surface area contributed by atoms with Gasteiger partial charge < -0.3 is 15.2 Å². The number of methoxy groups -OCH3 is 1. The van der Waals surface area contributed by atoms with E-state index in [4.69, 9.17) is 27.4 Å². The summed E-state index contributed by atoms with van der Waals surface area (Å²) in [5, 5.41) is 0. The van der Waals surface area contributed by atoms with Crippen LogP contribution in [0, 0.1) is 0 Å². The van der Waals surface area contributed by atoms with Crippen LogP contribution in [0.3, 0.4) is 0 Å². The highest BCUT2D eigenvalue weighted by molar-refractivity contribution is 7.80. The van der Waals surface area contributed by atoms with Crippen molar-refractivity contribution in [1.29, 1.82) is 0 Å². The molecule has 4 heteroatoms. The van der Waals surface area contributed by atoms with E-state index < -0.39 is 0 Å². The van der Waals surface area contributed by atoms with Gasteiger partial charge in [-0.05, 0) is 5.56 Å². The Morgan fingerprint density at radius 1 is 1.33 bits per heavy atom. The van der Waals surface area contributed by atoms with Crippen molar-refractivity contribution in [1.82, 2.24) is 0 Å². The summed E-state index contributed by atoms with van der Waals surface area (Å²) in [6.45, 7) is 1.67. The number of benzene rings is 1. The first-order chi connectivity index (χ1) is 7.25. The van der Waals surface area contributed by atoms with Gasteiger partial charge in [0.2, 0.25) is 0 Å². The lowest BCUT2D eigenvalue weighted by atomic mass is 10.1. The van der Waals surface area contributed by atoms with Crippen molar-refractivity contribution in [2.24, 2.45) is 5.73 Å². The van der Waals surface area contributed by atoms with Gasteiger partial charge in [0.15, 0.2) is 0 Å². The summed E-state index contributed by atoms with van der Waals surface area (Å²) in [5.41, 5.74) is 7.49. The van der Waals surface area contributed by atoms with E-state index in [1.165, 1.54) is 0 Å². The van der Waals surface area contributed by atoms with E-state index in [0.717, 1.165) is 11.1 Å². The molecule has 0 amide bonds. The quantitative estimate of drug-likeness (QED) is 0.588. The van der Waals surface area contributed by atoms with Crippen LogP contribution in [0.5, 0.6) is 0 Å². The standard InChI is InChI=1S/C11H15NO2S/c1-13-6-7-14-8-9-4-2-3-5-10(9)11(12)15/h2-5H,6-8H2,1H3,(H2,12,15). The predicted octanol–water partition coefficient (Wildman–Crippen LogP) is 1.48. The Hall–Kier alpha value is -0.970. The fraction of sp³-hybridized carbons (Fsp3) is 0.364. The molecule has 0 aliphatic carbocycles. The average molecular weight is 225 g/mol. The molecule has 0 saturated carbocycles. The van der Waals surface area contributed by atoms with Crippen LogP contribution < -0.4 is 5.73 Å². The zero-order valence-corrected chi connectivity index (χ0v) is 9.55. The van der Waals surface area contributed by atoms with Crippen LogP contribution in [0.2, 0.25) is 0 Å². The minimum Gasteiger partial charge on any atom is -0.389 e. The monoisotopic (exact) mass is 225 g/mol. The van der Waals surface area contributed by atoms with Gasteiger partial charge >= 0.3 is 0 Å². The third kappa shape index (κ3) is 3.95. The third-order valence-electron chi connectivity index (χ3n) is 1.97. The molecule has 0 aliphatic heterocycles. The van der Waals surface area contributed by atoms with Crippen molar-refractivity contribution in [2.45, 2.75) is 6.61 Å². The van der Waals surface area contributed by atoms with Crippen LogP contribution in [-0.4, -0.2) is 25.3 Å². The lowest BCUT2D eigenvalue weighted by Crippen LogP contribution is -2.13. The second-order valence-corrected chi connectivity index (χ2v) is 3.51. The highest BCUT2D eigenvalue weighted by atomic mass is 32.1. The molecule has 82 valence electrons. The van der Waals surface area contributed by atoms with Gasteiger partial charge in [-0.15, -0.1) is 0 Å². The Balaban J connectivity index is 2.56. The van der Waals surface area contributed by atoms with Gasteiger partial charge in [0.05, 0.1) is 19.8 Å². The molecular weight excluding hydrogens is 210 g/mol. The van der Waals surface area contributed by atoms with Crippen molar-refractivity contribution < 1.29 is 9.47 Å². The smallest absolute Gasteiger partial charge is 0.104 e. The molecule has 0 heterocycles. The van der Waals surface area contributed by atoms with Crippen molar-refractivity contribution in [2.75, 3.05) is 20.3 Å². The van der Waals surface area contributed by atoms with Gasteiger partial charge in [-0.2, -0.15) is 0 Å². The van der Waals surface area contributed by atoms with E-state index in [-0.39, 0.29) is 0 Å². The molecule has 0 aliphatic rings. The molecule has 0 aromatic heterocycles. The average Bonchev–Trinajstić information content (AvgIpc) is 2.25. The van der Waals surface area contributed by atoms with Crippen molar-refractivity contribution in [3.63, 3.8) is 0 Å². The zero-order valence-electron chi connectivity index (χ0n) is 8.73. The van der Waals surface area contributed by atoms with E-state index >= 15 is 0 Å². The Bertz CT molecular complexity index is 328. The molecular formula is C11H15NO2S. The Labute approximate surface area is 95.2 Å². The lowest BCUT2D eigenvalue weighted by Gasteiger charge is -2.08. The first-order valence-electron chi connectivity index (χ1n) is 4.70. The summed E-state index contributed by atoms with van der Waals surface area (Å²) in [5.74, 6) is 0. The zero-order chi connectivity index (χ0) is 11.1. The van der Waals surface area contributed by atoms with E-state index in [1.807, 2.05) is 24.3 Å². The summed E-state index contributed by atoms with van der Waals surface area (Å²) >= 11 is 4.95. The Morgan fingerprint density at radius 3 is 2.73 bits per heavy atom. The van der Waals surface area contributed by atoms with E-state index in [1.54, 1.807) is 7.11 Å².